The molecule has 1 aliphatic heterocycles. The molecule has 1 fully saturated rings. The number of hydrogen-bond acceptors (Lipinski definition) is 5. The van der Waals surface area contributed by atoms with Gasteiger partial charge in [0, 0.05) is 37.4 Å². The van der Waals surface area contributed by atoms with E-state index in [4.69, 9.17) is 10.5 Å². The van der Waals surface area contributed by atoms with Crippen LogP contribution >= 0.6 is 0 Å². The van der Waals surface area contributed by atoms with Crippen LogP contribution in [0.25, 0.3) is 0 Å². The van der Waals surface area contributed by atoms with Crippen molar-refractivity contribution < 1.29 is 9.53 Å². The lowest BCUT2D eigenvalue weighted by Gasteiger charge is -2.32. The van der Waals surface area contributed by atoms with E-state index in [2.05, 4.69) is 9.97 Å². The SMILES string of the molecule is NCCOc1cccc(CC(=O)N2CCC[C@H](c3ccncn3)C2)c1. The molecule has 6 heteroatoms. The molecule has 132 valence electrons. The lowest BCUT2D eigenvalue weighted by molar-refractivity contribution is -0.131. The summed E-state index contributed by atoms with van der Waals surface area (Å²) in [6, 6.07) is 9.61. The molecular weight excluding hydrogens is 316 g/mol. The third kappa shape index (κ3) is 4.76. The Balaban J connectivity index is 1.61. The first-order valence-electron chi connectivity index (χ1n) is 8.72. The number of nitrogens with two attached hydrogens (primary N) is 1. The second-order valence-corrected chi connectivity index (χ2v) is 6.27. The maximum Gasteiger partial charge on any atom is 0.227 e. The van der Waals surface area contributed by atoms with Crippen LogP contribution in [0.5, 0.6) is 5.75 Å². The summed E-state index contributed by atoms with van der Waals surface area (Å²) in [6.45, 7) is 2.48. The van der Waals surface area contributed by atoms with E-state index in [1.165, 1.54) is 0 Å². The number of benzene rings is 1. The van der Waals surface area contributed by atoms with E-state index in [9.17, 15) is 4.79 Å². The molecule has 1 aromatic heterocycles. The molecule has 25 heavy (non-hydrogen) atoms. The summed E-state index contributed by atoms with van der Waals surface area (Å²) in [7, 11) is 0. The number of carbonyl (C=O) groups excluding carboxylic acids is 1. The zero-order valence-electron chi connectivity index (χ0n) is 14.3. The standard InChI is InChI=1S/C19H24N4O2/c20-7-10-25-17-5-1-3-15(11-17)12-19(24)23-9-2-4-16(13-23)18-6-8-21-14-22-18/h1,3,5-6,8,11,14,16H,2,4,7,9-10,12-13,20H2/t16-/m0/s1. The number of rotatable bonds is 6. The van der Waals surface area contributed by atoms with Crippen LogP contribution < -0.4 is 10.5 Å². The summed E-state index contributed by atoms with van der Waals surface area (Å²) in [6.07, 6.45) is 5.78. The molecule has 1 aromatic carbocycles. The first-order chi connectivity index (χ1) is 12.3. The largest absolute Gasteiger partial charge is 0.492 e. The number of piperidine rings is 1. The lowest BCUT2D eigenvalue weighted by Crippen LogP contribution is -2.40. The Morgan fingerprint density at radius 3 is 3.08 bits per heavy atom. The third-order valence-electron chi connectivity index (χ3n) is 4.44. The topological polar surface area (TPSA) is 81.3 Å². The molecule has 2 N–H and O–H groups in total. The molecule has 1 amide bonds. The van der Waals surface area contributed by atoms with Gasteiger partial charge in [-0.2, -0.15) is 0 Å². The molecule has 0 saturated carbocycles. The van der Waals surface area contributed by atoms with Crippen molar-refractivity contribution in [2.75, 3.05) is 26.2 Å². The molecule has 0 radical (unpaired) electrons. The Morgan fingerprint density at radius 1 is 1.36 bits per heavy atom. The van der Waals surface area contributed by atoms with Crippen molar-refractivity contribution in [1.29, 1.82) is 0 Å². The Kier molecular flexibility index (Phi) is 5.95. The van der Waals surface area contributed by atoms with Gasteiger partial charge in [0.25, 0.3) is 0 Å². The monoisotopic (exact) mass is 340 g/mol. The van der Waals surface area contributed by atoms with Crippen molar-refractivity contribution in [3.05, 3.63) is 54.1 Å². The van der Waals surface area contributed by atoms with Crippen molar-refractivity contribution in [1.82, 2.24) is 14.9 Å². The minimum absolute atomic E-state index is 0.148. The van der Waals surface area contributed by atoms with Crippen molar-refractivity contribution in [2.45, 2.75) is 25.2 Å². The number of carbonyl (C=O) groups is 1. The second kappa shape index (κ2) is 8.58. The molecular formula is C19H24N4O2. The van der Waals surface area contributed by atoms with Gasteiger partial charge in [-0.05, 0) is 36.6 Å². The Labute approximate surface area is 148 Å². The third-order valence-corrected chi connectivity index (χ3v) is 4.44. The van der Waals surface area contributed by atoms with Gasteiger partial charge in [-0.1, -0.05) is 12.1 Å². The van der Waals surface area contributed by atoms with Gasteiger partial charge in [0.2, 0.25) is 5.91 Å². The molecule has 2 heterocycles. The Morgan fingerprint density at radius 2 is 2.28 bits per heavy atom. The van der Waals surface area contributed by atoms with Crippen molar-refractivity contribution in [2.24, 2.45) is 5.73 Å². The molecule has 1 atom stereocenters. The average Bonchev–Trinajstić information content (AvgIpc) is 2.67. The maximum absolute atomic E-state index is 12.7. The van der Waals surface area contributed by atoms with Gasteiger partial charge >= 0.3 is 0 Å². The summed E-state index contributed by atoms with van der Waals surface area (Å²) in [4.78, 5) is 23.0. The minimum atomic E-state index is 0.148. The fourth-order valence-electron chi connectivity index (χ4n) is 3.20. The molecule has 6 nitrogen and oxygen atoms in total. The first kappa shape index (κ1) is 17.4. The highest BCUT2D eigenvalue weighted by Gasteiger charge is 2.25. The van der Waals surface area contributed by atoms with Gasteiger partial charge in [-0.15, -0.1) is 0 Å². The van der Waals surface area contributed by atoms with E-state index in [0.717, 1.165) is 42.9 Å². The average molecular weight is 340 g/mol. The smallest absolute Gasteiger partial charge is 0.227 e. The van der Waals surface area contributed by atoms with Crippen molar-refractivity contribution in [3.8, 4) is 5.75 Å². The highest BCUT2D eigenvalue weighted by Crippen LogP contribution is 2.25. The summed E-state index contributed by atoms with van der Waals surface area (Å²) >= 11 is 0. The molecule has 0 unspecified atom stereocenters. The molecule has 0 aliphatic carbocycles. The van der Waals surface area contributed by atoms with Crippen LogP contribution in [0.1, 0.15) is 30.0 Å². The molecule has 0 bridgehead atoms. The van der Waals surface area contributed by atoms with E-state index in [1.54, 1.807) is 12.5 Å². The number of likely N-dealkylation sites (tertiary alicyclic amines) is 1. The Hall–Kier alpha value is -2.47. The van der Waals surface area contributed by atoms with Crippen LogP contribution in [-0.2, 0) is 11.2 Å². The molecule has 0 spiro atoms. The van der Waals surface area contributed by atoms with Gasteiger partial charge in [0.15, 0.2) is 0 Å². The predicted molar refractivity (Wildman–Crippen MR) is 95.3 cm³/mol. The van der Waals surface area contributed by atoms with Gasteiger partial charge in [0.1, 0.15) is 18.7 Å². The normalized spacial score (nSPS) is 17.3. The van der Waals surface area contributed by atoms with Gasteiger partial charge < -0.3 is 15.4 Å². The van der Waals surface area contributed by atoms with Crippen LogP contribution in [0.2, 0.25) is 0 Å². The number of nitrogens with zero attached hydrogens (tertiary/aromatic N) is 3. The van der Waals surface area contributed by atoms with Crippen LogP contribution in [0, 0.1) is 0 Å². The Bertz CT molecular complexity index is 693. The molecule has 2 aromatic rings. The number of amides is 1. The molecule has 3 rings (SSSR count). The van der Waals surface area contributed by atoms with E-state index >= 15 is 0 Å². The summed E-state index contributed by atoms with van der Waals surface area (Å²) < 4.78 is 5.53. The summed E-state index contributed by atoms with van der Waals surface area (Å²) in [5.41, 5.74) is 7.44. The van der Waals surface area contributed by atoms with Crippen LogP contribution in [0.4, 0.5) is 0 Å². The highest BCUT2D eigenvalue weighted by molar-refractivity contribution is 5.79. The maximum atomic E-state index is 12.7. The summed E-state index contributed by atoms with van der Waals surface area (Å²) in [5, 5.41) is 0. The molecule has 1 aliphatic rings. The van der Waals surface area contributed by atoms with E-state index in [1.807, 2.05) is 35.2 Å². The zero-order valence-corrected chi connectivity index (χ0v) is 14.3. The number of aromatic nitrogens is 2. The molecule has 1 saturated heterocycles. The fraction of sp³-hybridized carbons (Fsp3) is 0.421. The van der Waals surface area contributed by atoms with E-state index in [-0.39, 0.29) is 5.91 Å². The zero-order chi connectivity index (χ0) is 17.5. The van der Waals surface area contributed by atoms with E-state index in [0.29, 0.717) is 25.5 Å². The van der Waals surface area contributed by atoms with E-state index < -0.39 is 0 Å². The predicted octanol–water partition coefficient (Wildman–Crippen LogP) is 1.76. The highest BCUT2D eigenvalue weighted by atomic mass is 16.5. The van der Waals surface area contributed by atoms with Crippen LogP contribution in [-0.4, -0.2) is 47.0 Å². The van der Waals surface area contributed by atoms with Crippen molar-refractivity contribution >= 4 is 5.91 Å². The summed E-state index contributed by atoms with van der Waals surface area (Å²) in [5.74, 6) is 1.20. The van der Waals surface area contributed by atoms with Crippen molar-refractivity contribution in [3.63, 3.8) is 0 Å². The minimum Gasteiger partial charge on any atom is -0.492 e. The first-order valence-corrected chi connectivity index (χ1v) is 8.72. The fourth-order valence-corrected chi connectivity index (χ4v) is 3.20. The quantitative estimate of drug-likeness (QED) is 0.866. The second-order valence-electron chi connectivity index (χ2n) is 6.27. The number of hydrogen-bond donors (Lipinski definition) is 1. The van der Waals surface area contributed by atoms with Gasteiger partial charge in [0.05, 0.1) is 6.42 Å². The van der Waals surface area contributed by atoms with Gasteiger partial charge in [-0.25, -0.2) is 9.97 Å². The number of ether oxygens (including phenoxy) is 1. The van der Waals surface area contributed by atoms with Gasteiger partial charge in [-0.3, -0.25) is 4.79 Å². The van der Waals surface area contributed by atoms with Crippen LogP contribution in [0.3, 0.4) is 0 Å². The van der Waals surface area contributed by atoms with Crippen LogP contribution in [0.15, 0.2) is 42.9 Å². The lowest BCUT2D eigenvalue weighted by atomic mass is 9.94.